The van der Waals surface area contributed by atoms with E-state index in [-0.39, 0.29) is 121 Å². The topological polar surface area (TPSA) is 188 Å². The van der Waals surface area contributed by atoms with Crippen LogP contribution in [0.1, 0.15) is 6.42 Å². The first kappa shape index (κ1) is 34.9. The van der Waals surface area contributed by atoms with Gasteiger partial charge in [-0.2, -0.15) is 0 Å². The Morgan fingerprint density at radius 3 is 1.38 bits per heavy atom. The number of aliphatic carboxylic acids is 3. The normalized spacial score (nSPS) is 10.5. The molecule has 11 nitrogen and oxygen atoms in total. The second kappa shape index (κ2) is 18.5. The standard InChI is InChI=1S/C11H22N2O9Si.3Na/c14-9(15)6-12(2-1-5-23(20,21)22)3-4-13(7-10(16)17)8-11(18)19;;;/h20-22H,1-8H2,(H,14,15)(H,16,17)(H,18,19);;;/q;3*+1/p-3. The van der Waals surface area contributed by atoms with Crippen LogP contribution in [0.4, 0.5) is 0 Å². The van der Waals surface area contributed by atoms with Gasteiger partial charge in [-0.3, -0.25) is 9.80 Å². The average Bonchev–Trinajstić information content (AvgIpc) is 2.31. The third kappa shape index (κ3) is 23.5. The molecule has 0 fully saturated rings. The number of carbonyl (C=O) groups excluding carboxylic acids is 3. The molecular weight excluding hydrogens is 401 g/mol. The van der Waals surface area contributed by atoms with Crippen LogP contribution in [0.3, 0.4) is 0 Å². The smallest absolute Gasteiger partial charge is 0.549 e. The van der Waals surface area contributed by atoms with Gasteiger partial charge in [-0.25, -0.2) is 0 Å². The molecule has 134 valence electrons. The van der Waals surface area contributed by atoms with Crippen LogP contribution >= 0.6 is 0 Å². The van der Waals surface area contributed by atoms with E-state index in [0.29, 0.717) is 0 Å². The number of carbonyl (C=O) groups is 3. The zero-order chi connectivity index (χ0) is 18.0. The minimum absolute atomic E-state index is 0. The van der Waals surface area contributed by atoms with Crippen LogP contribution in [0, 0.1) is 0 Å². The monoisotopic (exact) mass is 420 g/mol. The molecule has 0 rings (SSSR count). The van der Waals surface area contributed by atoms with Crippen molar-refractivity contribution < 1.29 is 133 Å². The van der Waals surface area contributed by atoms with Gasteiger partial charge in [0.25, 0.3) is 0 Å². The largest absolute Gasteiger partial charge is 1.00 e. The summed E-state index contributed by atoms with van der Waals surface area (Å²) in [4.78, 5) is 60.7. The number of hydrogen-bond donors (Lipinski definition) is 3. The van der Waals surface area contributed by atoms with Crippen LogP contribution in [-0.4, -0.2) is 90.2 Å². The molecule has 0 aromatic heterocycles. The van der Waals surface area contributed by atoms with Crippen LogP contribution in [0.25, 0.3) is 0 Å². The third-order valence-electron chi connectivity index (χ3n) is 2.78. The molecular formula is C11H19N2Na3O9Si. The third-order valence-corrected chi connectivity index (χ3v) is 3.80. The first-order chi connectivity index (χ1) is 10.5. The van der Waals surface area contributed by atoms with Crippen molar-refractivity contribution in [1.29, 1.82) is 0 Å². The van der Waals surface area contributed by atoms with Gasteiger partial charge in [0.15, 0.2) is 0 Å². The Morgan fingerprint density at radius 2 is 1.04 bits per heavy atom. The van der Waals surface area contributed by atoms with E-state index in [0.717, 1.165) is 4.90 Å². The van der Waals surface area contributed by atoms with Crippen molar-refractivity contribution >= 4 is 26.7 Å². The van der Waals surface area contributed by atoms with E-state index < -0.39 is 46.3 Å². The van der Waals surface area contributed by atoms with Gasteiger partial charge in [0.1, 0.15) is 0 Å². The molecule has 0 heterocycles. The molecule has 0 aromatic carbocycles. The van der Waals surface area contributed by atoms with Crippen LogP contribution in [0.2, 0.25) is 6.04 Å². The molecule has 15 heteroatoms. The van der Waals surface area contributed by atoms with Gasteiger partial charge in [0.2, 0.25) is 0 Å². The molecule has 0 radical (unpaired) electrons. The predicted molar refractivity (Wildman–Crippen MR) is 69.7 cm³/mol. The maximum Gasteiger partial charge on any atom is 1.00 e. The van der Waals surface area contributed by atoms with Crippen molar-refractivity contribution in [3.8, 4) is 0 Å². The molecule has 0 aliphatic rings. The fraction of sp³-hybridized carbons (Fsp3) is 0.727. The Balaban J connectivity index is -0.000000807. The summed E-state index contributed by atoms with van der Waals surface area (Å²) in [6, 6.07) is -0.293. The Labute approximate surface area is 218 Å². The average molecular weight is 420 g/mol. The van der Waals surface area contributed by atoms with Crippen molar-refractivity contribution in [2.75, 3.05) is 39.3 Å². The van der Waals surface area contributed by atoms with Gasteiger partial charge in [-0.05, 0) is 13.0 Å². The quantitative estimate of drug-likeness (QED) is 0.240. The summed E-state index contributed by atoms with van der Waals surface area (Å²) in [6.45, 7) is -1.86. The molecule has 0 amide bonds. The van der Waals surface area contributed by atoms with Crippen molar-refractivity contribution in [3.05, 3.63) is 0 Å². The minimum atomic E-state index is -4.22. The van der Waals surface area contributed by atoms with Crippen LogP contribution < -0.4 is 104 Å². The van der Waals surface area contributed by atoms with Crippen molar-refractivity contribution in [3.63, 3.8) is 0 Å². The maximum absolute atomic E-state index is 10.7. The Bertz CT molecular complexity index is 410. The first-order valence-electron chi connectivity index (χ1n) is 6.71. The number of nitrogens with zero attached hydrogens (tertiary/aromatic N) is 2. The van der Waals surface area contributed by atoms with Gasteiger partial charge in [-0.1, -0.05) is 0 Å². The number of carboxylic acid groups (broad SMARTS) is 3. The van der Waals surface area contributed by atoms with Gasteiger partial charge in [0.05, 0.1) is 17.9 Å². The molecule has 3 N–H and O–H groups in total. The number of carboxylic acids is 3. The van der Waals surface area contributed by atoms with E-state index in [1.807, 2.05) is 0 Å². The molecule has 26 heavy (non-hydrogen) atoms. The Kier molecular flexibility index (Phi) is 24.8. The van der Waals surface area contributed by atoms with E-state index in [1.165, 1.54) is 4.90 Å². The molecule has 0 spiro atoms. The Morgan fingerprint density at radius 1 is 0.692 bits per heavy atom. The molecule has 0 bridgehead atoms. The van der Waals surface area contributed by atoms with E-state index in [1.54, 1.807) is 0 Å². The Hall–Kier alpha value is 1.43. The minimum Gasteiger partial charge on any atom is -0.549 e. The number of hydrogen-bond acceptors (Lipinski definition) is 11. The summed E-state index contributed by atoms with van der Waals surface area (Å²) in [5.74, 6) is -4.39. The summed E-state index contributed by atoms with van der Waals surface area (Å²) in [5.41, 5.74) is 0. The van der Waals surface area contributed by atoms with E-state index >= 15 is 0 Å². The van der Waals surface area contributed by atoms with E-state index in [2.05, 4.69) is 0 Å². The number of rotatable bonds is 13. The molecule has 0 saturated heterocycles. The van der Waals surface area contributed by atoms with Crippen LogP contribution in [-0.2, 0) is 14.4 Å². The second-order valence-corrected chi connectivity index (χ2v) is 7.03. The van der Waals surface area contributed by atoms with Gasteiger partial charge < -0.3 is 44.1 Å². The summed E-state index contributed by atoms with van der Waals surface area (Å²) in [6.07, 6.45) is 0.0873. The summed E-state index contributed by atoms with van der Waals surface area (Å²) in [5, 5.41) is 31.7. The molecule has 0 aromatic rings. The molecule has 0 unspecified atom stereocenters. The van der Waals surface area contributed by atoms with E-state index in [9.17, 15) is 29.7 Å². The predicted octanol–water partition coefficient (Wildman–Crippen LogP) is -15.8. The summed E-state index contributed by atoms with van der Waals surface area (Å²) < 4.78 is 0. The van der Waals surface area contributed by atoms with Crippen molar-refractivity contribution in [1.82, 2.24) is 9.80 Å². The zero-order valence-corrected chi connectivity index (χ0v) is 22.3. The van der Waals surface area contributed by atoms with Crippen LogP contribution in [0.15, 0.2) is 0 Å². The van der Waals surface area contributed by atoms with Crippen LogP contribution in [0.5, 0.6) is 0 Å². The van der Waals surface area contributed by atoms with Crippen molar-refractivity contribution in [2.24, 2.45) is 0 Å². The fourth-order valence-electron chi connectivity index (χ4n) is 1.85. The first-order valence-corrected chi connectivity index (χ1v) is 8.76. The molecule has 0 saturated carbocycles. The zero-order valence-electron chi connectivity index (χ0n) is 15.3. The molecule has 0 aliphatic carbocycles. The van der Waals surface area contributed by atoms with Crippen molar-refractivity contribution in [2.45, 2.75) is 12.5 Å². The molecule has 0 atom stereocenters. The SMILES string of the molecule is O=C([O-])CN(CCC[Si](O)(O)O)CCN(CC(=O)[O-])CC(=O)[O-].[Na+].[Na+].[Na+]. The fourth-order valence-corrected chi connectivity index (χ4v) is 2.49. The molecule has 0 aliphatic heterocycles. The summed E-state index contributed by atoms with van der Waals surface area (Å²) >= 11 is 0. The second-order valence-electron chi connectivity index (χ2n) is 4.98. The van der Waals surface area contributed by atoms with Gasteiger partial charge in [0, 0.05) is 38.8 Å². The van der Waals surface area contributed by atoms with Gasteiger partial charge >= 0.3 is 97.5 Å². The van der Waals surface area contributed by atoms with Gasteiger partial charge in [-0.15, -0.1) is 0 Å². The van der Waals surface area contributed by atoms with E-state index in [4.69, 9.17) is 14.4 Å². The maximum atomic E-state index is 10.7. The summed E-state index contributed by atoms with van der Waals surface area (Å²) in [7, 11) is -4.22.